The highest BCUT2D eigenvalue weighted by Gasteiger charge is 2.56. The zero-order valence-corrected chi connectivity index (χ0v) is 21.6. The fourth-order valence-corrected chi connectivity index (χ4v) is 4.61. The first-order valence-electron chi connectivity index (χ1n) is 12.8. The van der Waals surface area contributed by atoms with Gasteiger partial charge in [0.15, 0.2) is 0 Å². The summed E-state index contributed by atoms with van der Waals surface area (Å²) >= 11 is 0. The van der Waals surface area contributed by atoms with Crippen LogP contribution in [0.15, 0.2) is 91.0 Å². The SMILES string of the molecule is CCOC(=O)CC1O[C@H](COCc2ccccc2)[C@@H](OCc2ccccc2)[C@@]1(C)OCc1ccccc1. The van der Waals surface area contributed by atoms with Crippen LogP contribution in [0.1, 0.15) is 37.0 Å². The quantitative estimate of drug-likeness (QED) is 0.287. The maximum Gasteiger partial charge on any atom is 0.308 e. The summed E-state index contributed by atoms with van der Waals surface area (Å²) in [6.07, 6.45) is -1.37. The van der Waals surface area contributed by atoms with E-state index in [-0.39, 0.29) is 12.4 Å². The van der Waals surface area contributed by atoms with Crippen LogP contribution in [0, 0.1) is 0 Å². The van der Waals surface area contributed by atoms with Crippen molar-refractivity contribution >= 4 is 5.97 Å². The fourth-order valence-electron chi connectivity index (χ4n) is 4.61. The smallest absolute Gasteiger partial charge is 0.308 e. The third-order valence-corrected chi connectivity index (χ3v) is 6.60. The van der Waals surface area contributed by atoms with Crippen LogP contribution < -0.4 is 0 Å². The van der Waals surface area contributed by atoms with Gasteiger partial charge >= 0.3 is 5.97 Å². The van der Waals surface area contributed by atoms with E-state index >= 15 is 0 Å². The molecule has 1 unspecified atom stereocenters. The van der Waals surface area contributed by atoms with E-state index in [9.17, 15) is 4.79 Å². The molecule has 0 spiro atoms. The Labute approximate surface area is 219 Å². The van der Waals surface area contributed by atoms with Crippen molar-refractivity contribution in [3.63, 3.8) is 0 Å². The lowest BCUT2D eigenvalue weighted by atomic mass is 9.90. The largest absolute Gasteiger partial charge is 0.466 e. The Bertz CT molecular complexity index is 1070. The van der Waals surface area contributed by atoms with Crippen molar-refractivity contribution in [2.24, 2.45) is 0 Å². The summed E-state index contributed by atoms with van der Waals surface area (Å²) in [5.74, 6) is -0.324. The normalized spacial score (nSPS) is 23.1. The fraction of sp³-hybridized carbons (Fsp3) is 0.387. The number of carbonyl (C=O) groups excluding carboxylic acids is 1. The summed E-state index contributed by atoms with van der Waals surface area (Å²) in [5.41, 5.74) is 2.25. The Morgan fingerprint density at radius 3 is 1.92 bits per heavy atom. The van der Waals surface area contributed by atoms with Gasteiger partial charge in [-0.15, -0.1) is 0 Å². The van der Waals surface area contributed by atoms with Gasteiger partial charge in [0.1, 0.15) is 17.8 Å². The zero-order valence-electron chi connectivity index (χ0n) is 21.6. The molecular weight excluding hydrogens is 468 g/mol. The molecule has 3 aromatic rings. The first kappa shape index (κ1) is 27.0. The van der Waals surface area contributed by atoms with E-state index in [4.69, 9.17) is 23.7 Å². The highest BCUT2D eigenvalue weighted by Crippen LogP contribution is 2.40. The van der Waals surface area contributed by atoms with Crippen LogP contribution in [0.2, 0.25) is 0 Å². The Balaban J connectivity index is 1.54. The van der Waals surface area contributed by atoms with E-state index in [2.05, 4.69) is 0 Å². The van der Waals surface area contributed by atoms with Gasteiger partial charge in [-0.3, -0.25) is 4.79 Å². The molecule has 37 heavy (non-hydrogen) atoms. The molecule has 0 bridgehead atoms. The Morgan fingerprint density at radius 2 is 1.35 bits per heavy atom. The lowest BCUT2D eigenvalue weighted by Gasteiger charge is -2.35. The topological polar surface area (TPSA) is 63.2 Å². The second-order valence-corrected chi connectivity index (χ2v) is 9.35. The molecule has 4 atom stereocenters. The van der Waals surface area contributed by atoms with Crippen LogP contribution in [0.3, 0.4) is 0 Å². The number of rotatable bonds is 13. The summed E-state index contributed by atoms with van der Waals surface area (Å²) in [4.78, 5) is 12.5. The van der Waals surface area contributed by atoms with E-state index in [0.29, 0.717) is 33.0 Å². The molecule has 0 amide bonds. The summed E-state index contributed by atoms with van der Waals surface area (Å²) < 4.78 is 30.8. The van der Waals surface area contributed by atoms with Gasteiger partial charge in [0.25, 0.3) is 0 Å². The molecule has 6 nitrogen and oxygen atoms in total. The summed E-state index contributed by atoms with van der Waals surface area (Å²) in [7, 11) is 0. The van der Waals surface area contributed by atoms with Crippen molar-refractivity contribution < 1.29 is 28.5 Å². The molecule has 1 heterocycles. The molecule has 6 heteroatoms. The molecule has 4 rings (SSSR count). The molecule has 1 aliphatic rings. The van der Waals surface area contributed by atoms with Crippen molar-refractivity contribution in [1.29, 1.82) is 0 Å². The van der Waals surface area contributed by atoms with Gasteiger partial charge in [0.05, 0.1) is 45.6 Å². The maximum atomic E-state index is 12.5. The lowest BCUT2D eigenvalue weighted by molar-refractivity contribution is -0.160. The maximum absolute atomic E-state index is 12.5. The number of hydrogen-bond acceptors (Lipinski definition) is 6. The van der Waals surface area contributed by atoms with Crippen LogP contribution in [0.25, 0.3) is 0 Å². The Hall–Kier alpha value is -3.03. The minimum atomic E-state index is -0.905. The van der Waals surface area contributed by atoms with Gasteiger partial charge in [-0.25, -0.2) is 0 Å². The zero-order chi connectivity index (χ0) is 25.9. The predicted molar refractivity (Wildman–Crippen MR) is 141 cm³/mol. The van der Waals surface area contributed by atoms with Crippen LogP contribution >= 0.6 is 0 Å². The number of hydrogen-bond donors (Lipinski definition) is 0. The standard InChI is InChI=1S/C31H36O6/c1-3-34-29(32)19-28-31(2,36-22-26-17-11-6-12-18-26)30(35-21-25-15-9-5-10-16-25)27(37-28)23-33-20-24-13-7-4-8-14-24/h4-18,27-28,30H,3,19-23H2,1-2H3/t27-,28?,30-,31+/m1/s1. The van der Waals surface area contributed by atoms with E-state index in [1.807, 2.05) is 97.9 Å². The molecule has 0 aliphatic carbocycles. The second kappa shape index (κ2) is 13.5. The van der Waals surface area contributed by atoms with Crippen molar-refractivity contribution in [1.82, 2.24) is 0 Å². The van der Waals surface area contributed by atoms with Crippen molar-refractivity contribution in [3.8, 4) is 0 Å². The first-order chi connectivity index (χ1) is 18.1. The molecule has 196 valence electrons. The minimum Gasteiger partial charge on any atom is -0.466 e. The number of ether oxygens (including phenoxy) is 5. The minimum absolute atomic E-state index is 0.0690. The number of carbonyl (C=O) groups is 1. The molecule has 0 radical (unpaired) electrons. The van der Waals surface area contributed by atoms with Gasteiger partial charge in [0, 0.05) is 0 Å². The van der Waals surface area contributed by atoms with Crippen LogP contribution in [0.5, 0.6) is 0 Å². The van der Waals surface area contributed by atoms with E-state index in [0.717, 1.165) is 16.7 Å². The Morgan fingerprint density at radius 1 is 0.811 bits per heavy atom. The van der Waals surface area contributed by atoms with Crippen LogP contribution in [0.4, 0.5) is 0 Å². The molecule has 0 aromatic heterocycles. The van der Waals surface area contributed by atoms with E-state index in [1.54, 1.807) is 6.92 Å². The molecule has 1 saturated heterocycles. The van der Waals surface area contributed by atoms with Crippen molar-refractivity contribution in [2.45, 2.75) is 64.0 Å². The summed E-state index contributed by atoms with van der Waals surface area (Å²) in [6.45, 7) is 5.58. The lowest BCUT2D eigenvalue weighted by Crippen LogP contribution is -2.50. The van der Waals surface area contributed by atoms with E-state index < -0.39 is 23.9 Å². The Kier molecular flexibility index (Phi) is 9.85. The van der Waals surface area contributed by atoms with E-state index in [1.165, 1.54) is 0 Å². The van der Waals surface area contributed by atoms with Gasteiger partial charge in [0.2, 0.25) is 0 Å². The second-order valence-electron chi connectivity index (χ2n) is 9.35. The van der Waals surface area contributed by atoms with Gasteiger partial charge in [-0.2, -0.15) is 0 Å². The highest BCUT2D eigenvalue weighted by molar-refractivity contribution is 5.70. The average molecular weight is 505 g/mol. The van der Waals surface area contributed by atoms with Gasteiger partial charge in [-0.05, 0) is 30.5 Å². The molecule has 3 aromatic carbocycles. The van der Waals surface area contributed by atoms with Gasteiger partial charge in [-0.1, -0.05) is 91.0 Å². The molecule has 0 saturated carbocycles. The summed E-state index contributed by atoms with van der Waals surface area (Å²) in [5, 5.41) is 0. The number of benzene rings is 3. The van der Waals surface area contributed by atoms with Crippen LogP contribution in [-0.2, 0) is 48.3 Å². The predicted octanol–water partition coefficient (Wildman–Crippen LogP) is 5.48. The summed E-state index contributed by atoms with van der Waals surface area (Å²) in [6, 6.07) is 29.9. The first-order valence-corrected chi connectivity index (χ1v) is 12.8. The third-order valence-electron chi connectivity index (χ3n) is 6.60. The molecule has 1 fully saturated rings. The van der Waals surface area contributed by atoms with Crippen molar-refractivity contribution in [2.75, 3.05) is 13.2 Å². The average Bonchev–Trinajstić information content (AvgIpc) is 3.18. The molecule has 1 aliphatic heterocycles. The number of esters is 1. The third kappa shape index (κ3) is 7.49. The van der Waals surface area contributed by atoms with Crippen molar-refractivity contribution in [3.05, 3.63) is 108 Å². The van der Waals surface area contributed by atoms with Gasteiger partial charge < -0.3 is 23.7 Å². The molecular formula is C31H36O6. The van der Waals surface area contributed by atoms with Crippen LogP contribution in [-0.4, -0.2) is 43.1 Å². The monoisotopic (exact) mass is 504 g/mol. The molecule has 0 N–H and O–H groups in total. The highest BCUT2D eigenvalue weighted by atomic mass is 16.6.